The Kier molecular flexibility index (Phi) is 4.63. The second-order valence-corrected chi connectivity index (χ2v) is 4.25. The average molecular weight is 264 g/mol. The van der Waals surface area contributed by atoms with Crippen LogP contribution in [0.25, 0.3) is 0 Å². The molecule has 0 aliphatic carbocycles. The van der Waals surface area contributed by atoms with Gasteiger partial charge in [0.1, 0.15) is 6.04 Å². The van der Waals surface area contributed by atoms with Crippen molar-refractivity contribution in [1.29, 1.82) is 0 Å². The second-order valence-electron chi connectivity index (χ2n) is 4.25. The van der Waals surface area contributed by atoms with Gasteiger partial charge >= 0.3 is 5.97 Å². The van der Waals surface area contributed by atoms with Crippen molar-refractivity contribution >= 4 is 23.5 Å². The predicted octanol–water partition coefficient (Wildman–Crippen LogP) is 1.16. The minimum atomic E-state index is -1.01. The molecule has 1 rings (SSSR count). The van der Waals surface area contributed by atoms with Gasteiger partial charge in [-0.15, -0.1) is 0 Å². The molecule has 0 radical (unpaired) electrons. The van der Waals surface area contributed by atoms with Crippen LogP contribution in [-0.2, 0) is 9.59 Å². The molecule has 1 aromatic rings. The predicted molar refractivity (Wildman–Crippen MR) is 70.0 cm³/mol. The van der Waals surface area contributed by atoms with Crippen molar-refractivity contribution in [2.75, 3.05) is 5.32 Å². The monoisotopic (exact) mass is 264 g/mol. The van der Waals surface area contributed by atoms with E-state index in [1.807, 2.05) is 0 Å². The van der Waals surface area contributed by atoms with Gasteiger partial charge in [-0.1, -0.05) is 0 Å². The van der Waals surface area contributed by atoms with Crippen molar-refractivity contribution in [3.05, 3.63) is 29.3 Å². The molecule has 1 aromatic carbocycles. The molecule has 102 valence electrons. The highest BCUT2D eigenvalue weighted by atomic mass is 16.4. The Balaban J connectivity index is 2.78. The molecule has 1 unspecified atom stereocenters. The number of carboxylic acids is 1. The van der Waals surface area contributed by atoms with E-state index in [-0.39, 0.29) is 17.4 Å². The molecule has 0 heterocycles. The number of aromatic carboxylic acids is 1. The number of hydrogen-bond donors (Lipinski definition) is 3. The van der Waals surface area contributed by atoms with Crippen molar-refractivity contribution < 1.29 is 19.5 Å². The zero-order valence-corrected chi connectivity index (χ0v) is 11.0. The molecule has 1 atom stereocenters. The van der Waals surface area contributed by atoms with E-state index < -0.39 is 12.0 Å². The van der Waals surface area contributed by atoms with E-state index in [2.05, 4.69) is 10.6 Å². The van der Waals surface area contributed by atoms with Gasteiger partial charge in [0.2, 0.25) is 11.8 Å². The number of carbonyl (C=O) groups excluding carboxylic acids is 2. The highest BCUT2D eigenvalue weighted by Gasteiger charge is 2.14. The summed E-state index contributed by atoms with van der Waals surface area (Å²) in [5, 5.41) is 14.0. The summed E-state index contributed by atoms with van der Waals surface area (Å²) in [4.78, 5) is 33.4. The molecular formula is C13H16N2O4. The lowest BCUT2D eigenvalue weighted by Crippen LogP contribution is -2.40. The molecule has 0 fully saturated rings. The van der Waals surface area contributed by atoms with Gasteiger partial charge in [0.25, 0.3) is 0 Å². The third kappa shape index (κ3) is 4.09. The number of carbonyl (C=O) groups is 3. The van der Waals surface area contributed by atoms with Crippen molar-refractivity contribution in [3.8, 4) is 0 Å². The second kappa shape index (κ2) is 5.99. The number of amides is 2. The van der Waals surface area contributed by atoms with Gasteiger partial charge in [0.15, 0.2) is 0 Å². The maximum absolute atomic E-state index is 11.7. The van der Waals surface area contributed by atoms with Crippen LogP contribution < -0.4 is 10.6 Å². The van der Waals surface area contributed by atoms with Gasteiger partial charge < -0.3 is 15.7 Å². The zero-order chi connectivity index (χ0) is 14.6. The topological polar surface area (TPSA) is 95.5 Å². The van der Waals surface area contributed by atoms with Crippen molar-refractivity contribution in [3.63, 3.8) is 0 Å². The number of aryl methyl sites for hydroxylation is 1. The van der Waals surface area contributed by atoms with Crippen LogP contribution in [-0.4, -0.2) is 28.9 Å². The summed E-state index contributed by atoms with van der Waals surface area (Å²) >= 11 is 0. The summed E-state index contributed by atoms with van der Waals surface area (Å²) in [6.07, 6.45) is 0. The Morgan fingerprint density at radius 2 is 1.89 bits per heavy atom. The number of carboxylic acid groups (broad SMARTS) is 1. The number of benzene rings is 1. The fraction of sp³-hybridized carbons (Fsp3) is 0.308. The van der Waals surface area contributed by atoms with E-state index in [1.54, 1.807) is 19.9 Å². The highest BCUT2D eigenvalue weighted by Crippen LogP contribution is 2.15. The van der Waals surface area contributed by atoms with Gasteiger partial charge in [-0.2, -0.15) is 0 Å². The maximum Gasteiger partial charge on any atom is 0.335 e. The minimum Gasteiger partial charge on any atom is -0.478 e. The highest BCUT2D eigenvalue weighted by molar-refractivity contribution is 5.97. The minimum absolute atomic E-state index is 0.188. The molecule has 0 saturated heterocycles. The normalized spacial score (nSPS) is 11.5. The maximum atomic E-state index is 11.7. The first-order valence-electron chi connectivity index (χ1n) is 5.73. The summed E-state index contributed by atoms with van der Waals surface area (Å²) in [6, 6.07) is 3.85. The van der Waals surface area contributed by atoms with Crippen molar-refractivity contribution in [2.45, 2.75) is 26.8 Å². The number of rotatable bonds is 4. The first-order valence-corrected chi connectivity index (χ1v) is 5.73. The van der Waals surface area contributed by atoms with Crippen molar-refractivity contribution in [1.82, 2.24) is 5.32 Å². The van der Waals surface area contributed by atoms with Crippen molar-refractivity contribution in [2.24, 2.45) is 0 Å². The van der Waals surface area contributed by atoms with E-state index in [4.69, 9.17) is 5.11 Å². The fourth-order valence-electron chi connectivity index (χ4n) is 1.60. The molecular weight excluding hydrogens is 248 g/mol. The third-order valence-electron chi connectivity index (χ3n) is 2.54. The van der Waals surface area contributed by atoms with Crippen LogP contribution in [0.1, 0.15) is 29.8 Å². The van der Waals surface area contributed by atoms with E-state index in [1.165, 1.54) is 19.1 Å². The van der Waals surface area contributed by atoms with Crippen LogP contribution in [0.15, 0.2) is 18.2 Å². The van der Waals surface area contributed by atoms with E-state index in [0.29, 0.717) is 11.3 Å². The first kappa shape index (κ1) is 14.7. The SMILES string of the molecule is CC(=O)NC(C)C(=O)Nc1ccc(C(=O)O)c(C)c1. The summed E-state index contributed by atoms with van der Waals surface area (Å²) in [6.45, 7) is 4.54. The summed E-state index contributed by atoms with van der Waals surface area (Å²) in [7, 11) is 0. The summed E-state index contributed by atoms with van der Waals surface area (Å²) in [5.74, 6) is -1.67. The van der Waals surface area contributed by atoms with Crippen LogP contribution in [0.2, 0.25) is 0 Å². The van der Waals surface area contributed by atoms with Gasteiger partial charge in [-0.05, 0) is 37.6 Å². The van der Waals surface area contributed by atoms with Crippen LogP contribution in [0.3, 0.4) is 0 Å². The summed E-state index contributed by atoms with van der Waals surface area (Å²) < 4.78 is 0. The van der Waals surface area contributed by atoms with E-state index in [0.717, 1.165) is 0 Å². The van der Waals surface area contributed by atoms with Crippen LogP contribution in [0, 0.1) is 6.92 Å². The Bertz CT molecular complexity index is 525. The number of anilines is 1. The van der Waals surface area contributed by atoms with Gasteiger partial charge in [-0.25, -0.2) is 4.79 Å². The van der Waals surface area contributed by atoms with E-state index in [9.17, 15) is 14.4 Å². The Morgan fingerprint density at radius 3 is 2.37 bits per heavy atom. The lowest BCUT2D eigenvalue weighted by atomic mass is 10.1. The molecule has 0 spiro atoms. The van der Waals surface area contributed by atoms with Crippen LogP contribution >= 0.6 is 0 Å². The van der Waals surface area contributed by atoms with Gasteiger partial charge in [0, 0.05) is 12.6 Å². The molecule has 0 aliphatic heterocycles. The fourth-order valence-corrected chi connectivity index (χ4v) is 1.60. The average Bonchev–Trinajstić information content (AvgIpc) is 2.27. The van der Waals surface area contributed by atoms with Gasteiger partial charge in [0.05, 0.1) is 5.56 Å². The zero-order valence-electron chi connectivity index (χ0n) is 11.0. The first-order chi connectivity index (χ1) is 8.81. The molecule has 6 heteroatoms. The number of hydrogen-bond acceptors (Lipinski definition) is 3. The summed E-state index contributed by atoms with van der Waals surface area (Å²) in [5.41, 5.74) is 1.23. The lowest BCUT2D eigenvalue weighted by Gasteiger charge is -2.13. The molecule has 0 aliphatic rings. The molecule has 19 heavy (non-hydrogen) atoms. The number of nitrogens with one attached hydrogen (secondary N) is 2. The molecule has 0 aromatic heterocycles. The molecule has 2 amide bonds. The smallest absolute Gasteiger partial charge is 0.335 e. The van der Waals surface area contributed by atoms with Crippen LogP contribution in [0.4, 0.5) is 5.69 Å². The van der Waals surface area contributed by atoms with E-state index >= 15 is 0 Å². The largest absolute Gasteiger partial charge is 0.478 e. The Hall–Kier alpha value is -2.37. The third-order valence-corrected chi connectivity index (χ3v) is 2.54. The molecule has 0 bridgehead atoms. The Morgan fingerprint density at radius 1 is 1.26 bits per heavy atom. The standard InChI is InChI=1S/C13H16N2O4/c1-7-6-10(4-5-11(7)13(18)19)15-12(17)8(2)14-9(3)16/h4-6,8H,1-3H3,(H,14,16)(H,15,17)(H,18,19). The molecule has 3 N–H and O–H groups in total. The molecule has 0 saturated carbocycles. The van der Waals surface area contributed by atoms with Gasteiger partial charge in [-0.3, -0.25) is 9.59 Å². The molecule has 6 nitrogen and oxygen atoms in total. The quantitative estimate of drug-likeness (QED) is 0.760. The lowest BCUT2D eigenvalue weighted by molar-refractivity contribution is -0.124. The Labute approximate surface area is 110 Å². The van der Waals surface area contributed by atoms with Crippen LogP contribution in [0.5, 0.6) is 0 Å².